The molecule has 4 heterocycles. The van der Waals surface area contributed by atoms with E-state index in [0.29, 0.717) is 68.1 Å². The summed E-state index contributed by atoms with van der Waals surface area (Å²) >= 11 is 0. The van der Waals surface area contributed by atoms with Crippen molar-refractivity contribution in [1.82, 2.24) is 14.9 Å². The van der Waals surface area contributed by atoms with Gasteiger partial charge in [-0.05, 0) is 61.8 Å². The van der Waals surface area contributed by atoms with Crippen molar-refractivity contribution in [3.63, 3.8) is 0 Å². The van der Waals surface area contributed by atoms with Crippen molar-refractivity contribution in [3.05, 3.63) is 46.3 Å². The Morgan fingerprint density at radius 1 is 1.34 bits per heavy atom. The van der Waals surface area contributed by atoms with Gasteiger partial charge in [0.05, 0.1) is 5.56 Å². The van der Waals surface area contributed by atoms with Crippen LogP contribution in [0.25, 0.3) is 0 Å². The molecule has 11 nitrogen and oxygen atoms in total. The number of ether oxygens (including phenoxy) is 2. The number of aromatic nitrogens is 2. The van der Waals surface area contributed by atoms with Gasteiger partial charge in [-0.15, -0.1) is 0 Å². The second-order valence-electron chi connectivity index (χ2n) is 9.45. The Labute approximate surface area is 221 Å². The highest BCUT2D eigenvalue weighted by molar-refractivity contribution is 6.01. The molecule has 0 spiro atoms. The van der Waals surface area contributed by atoms with E-state index in [9.17, 15) is 19.6 Å². The molecule has 0 aliphatic carbocycles. The van der Waals surface area contributed by atoms with Crippen molar-refractivity contribution in [2.24, 2.45) is 0 Å². The molecule has 2 aliphatic rings. The first-order chi connectivity index (χ1) is 18.4. The molecule has 2 aromatic rings. The Kier molecular flexibility index (Phi) is 8.99. The normalized spacial score (nSPS) is 16.4. The summed E-state index contributed by atoms with van der Waals surface area (Å²) in [5.74, 6) is 0.631. The fourth-order valence-corrected chi connectivity index (χ4v) is 4.79. The number of urea groups is 1. The van der Waals surface area contributed by atoms with Crippen LogP contribution in [0.4, 0.5) is 16.4 Å². The van der Waals surface area contributed by atoms with Crippen LogP contribution in [0.1, 0.15) is 58.4 Å². The average Bonchev–Trinajstić information content (AvgIpc) is 3.47. The van der Waals surface area contributed by atoms with Gasteiger partial charge < -0.3 is 14.4 Å². The number of aldehydes is 1. The first-order valence-electron chi connectivity index (χ1n) is 12.8. The topological polar surface area (TPSA) is 138 Å². The Bertz CT molecular complexity index is 1240. The van der Waals surface area contributed by atoms with Crippen molar-refractivity contribution < 1.29 is 23.9 Å². The predicted octanol–water partition coefficient (Wildman–Crippen LogP) is 2.86. The third kappa shape index (κ3) is 6.15. The maximum atomic E-state index is 13.2. The zero-order valence-corrected chi connectivity index (χ0v) is 21.7. The Morgan fingerprint density at radius 3 is 2.89 bits per heavy atom. The summed E-state index contributed by atoms with van der Waals surface area (Å²) in [6, 6.07) is 5.27. The van der Waals surface area contributed by atoms with Crippen LogP contribution in [-0.4, -0.2) is 73.1 Å². The van der Waals surface area contributed by atoms with Crippen LogP contribution >= 0.6 is 0 Å². The second-order valence-corrected chi connectivity index (χ2v) is 9.45. The van der Waals surface area contributed by atoms with E-state index in [0.717, 1.165) is 30.4 Å². The number of methoxy groups -OCH3 is 1. The molecule has 3 amide bonds. The summed E-state index contributed by atoms with van der Waals surface area (Å²) in [6.07, 6.45) is 5.97. The van der Waals surface area contributed by atoms with Gasteiger partial charge in [-0.25, -0.2) is 14.8 Å². The summed E-state index contributed by atoms with van der Waals surface area (Å²) in [5.41, 5.74) is 2.88. The third-order valence-electron chi connectivity index (χ3n) is 6.76. The number of pyridine rings is 2. The van der Waals surface area contributed by atoms with Gasteiger partial charge in [0, 0.05) is 52.2 Å². The Balaban J connectivity index is 1.51. The molecule has 0 saturated carbocycles. The number of rotatable bonds is 9. The van der Waals surface area contributed by atoms with Crippen LogP contribution in [0.15, 0.2) is 18.3 Å². The summed E-state index contributed by atoms with van der Waals surface area (Å²) in [5, 5.41) is 12.2. The van der Waals surface area contributed by atoms with E-state index >= 15 is 0 Å². The molecule has 2 aliphatic heterocycles. The van der Waals surface area contributed by atoms with Gasteiger partial charge in [-0.2, -0.15) is 5.26 Å². The molecule has 200 valence electrons. The maximum Gasteiger partial charge on any atom is 0.328 e. The molecule has 1 unspecified atom stereocenters. The summed E-state index contributed by atoms with van der Waals surface area (Å²) in [7, 11) is 3.31. The minimum atomic E-state index is -0.444. The number of nitrogens with zero attached hydrogens (tertiary/aromatic N) is 5. The molecule has 0 radical (unpaired) electrons. The predicted molar refractivity (Wildman–Crippen MR) is 139 cm³/mol. The lowest BCUT2D eigenvalue weighted by atomic mass is 10.0. The van der Waals surface area contributed by atoms with E-state index in [1.54, 1.807) is 25.1 Å². The molecule has 0 aromatic carbocycles. The number of carbonyl (C=O) groups excluding carboxylic acids is 3. The molecular weight excluding hydrogens is 488 g/mol. The highest BCUT2D eigenvalue weighted by Gasteiger charge is 2.29. The molecule has 4 rings (SSSR count). The number of nitrogens with one attached hydrogen (secondary N) is 1. The first-order valence-corrected chi connectivity index (χ1v) is 12.8. The smallest absolute Gasteiger partial charge is 0.328 e. The first kappa shape index (κ1) is 27.2. The highest BCUT2D eigenvalue weighted by atomic mass is 16.5. The van der Waals surface area contributed by atoms with Crippen molar-refractivity contribution in [1.29, 1.82) is 5.26 Å². The van der Waals surface area contributed by atoms with Crippen molar-refractivity contribution >= 4 is 29.9 Å². The fraction of sp³-hybridized carbons (Fsp3) is 0.481. The molecule has 1 N–H and O–H groups in total. The fourth-order valence-electron chi connectivity index (χ4n) is 4.79. The minimum Gasteiger partial charge on any atom is -0.385 e. The van der Waals surface area contributed by atoms with Gasteiger partial charge in [0.15, 0.2) is 6.29 Å². The molecular formula is C27H32N6O5. The van der Waals surface area contributed by atoms with E-state index in [1.807, 2.05) is 6.07 Å². The molecule has 2 aromatic heterocycles. The number of fused-ring (bicyclic) bond motifs is 1. The maximum absolute atomic E-state index is 13.2. The van der Waals surface area contributed by atoms with Gasteiger partial charge in [0.2, 0.25) is 0 Å². The largest absolute Gasteiger partial charge is 0.385 e. The lowest BCUT2D eigenvalue weighted by Crippen LogP contribution is -2.40. The summed E-state index contributed by atoms with van der Waals surface area (Å²) in [6.45, 7) is 1.79. The molecule has 11 heteroatoms. The second kappa shape index (κ2) is 12.6. The van der Waals surface area contributed by atoms with Gasteiger partial charge in [0.25, 0.3) is 5.91 Å². The van der Waals surface area contributed by atoms with Crippen LogP contribution in [0, 0.1) is 11.3 Å². The van der Waals surface area contributed by atoms with Crippen LogP contribution < -0.4 is 10.2 Å². The van der Waals surface area contributed by atoms with Crippen LogP contribution in [0.2, 0.25) is 0 Å². The van der Waals surface area contributed by atoms with Crippen LogP contribution in [-0.2, 0) is 33.7 Å². The van der Waals surface area contributed by atoms with Crippen LogP contribution in [0.3, 0.4) is 0 Å². The zero-order chi connectivity index (χ0) is 27.1. The Morgan fingerprint density at radius 2 is 2.18 bits per heavy atom. The molecule has 1 saturated heterocycles. The van der Waals surface area contributed by atoms with Crippen molar-refractivity contribution in [2.45, 2.75) is 51.2 Å². The molecule has 0 bridgehead atoms. The van der Waals surface area contributed by atoms with Crippen LogP contribution in [0.5, 0.6) is 0 Å². The summed E-state index contributed by atoms with van der Waals surface area (Å²) in [4.78, 5) is 49.7. The van der Waals surface area contributed by atoms with E-state index in [1.165, 1.54) is 11.1 Å². The minimum absolute atomic E-state index is 0.116. The van der Waals surface area contributed by atoms with E-state index in [4.69, 9.17) is 9.47 Å². The zero-order valence-electron chi connectivity index (χ0n) is 21.7. The number of likely N-dealkylation sites (N-methyl/N-ethyl adjacent to an activating group) is 1. The lowest BCUT2D eigenvalue weighted by molar-refractivity contribution is -0.140. The number of carbonyl (C=O) groups is 3. The monoisotopic (exact) mass is 520 g/mol. The van der Waals surface area contributed by atoms with Gasteiger partial charge in [-0.1, -0.05) is 0 Å². The number of hydrogen-bond acceptors (Lipinski definition) is 8. The molecule has 1 atom stereocenters. The standard InChI is InChI=1S/C27H32N6O5/c1-32(26(35)23-8-5-11-38-23)16-20-12-19-6-3-9-33(25(19)30-22(20)17-34)27(36)31-24-13-18(7-4-10-37-2)21(14-28)15-29-24/h12-13,15,17,23H,3-11,16H2,1-2H3,(H,29,31,36). The molecule has 38 heavy (non-hydrogen) atoms. The van der Waals surface area contributed by atoms with E-state index in [-0.39, 0.29) is 18.1 Å². The lowest BCUT2D eigenvalue weighted by Gasteiger charge is -2.29. The third-order valence-corrected chi connectivity index (χ3v) is 6.76. The number of nitriles is 1. The SMILES string of the molecule is COCCCc1cc(NC(=O)N2CCCc3cc(CN(C)C(=O)C4CCCO4)c(C=O)nc32)ncc1C#N. The van der Waals surface area contributed by atoms with Crippen molar-refractivity contribution in [3.8, 4) is 6.07 Å². The number of aryl methyl sites for hydroxylation is 2. The number of amides is 3. The summed E-state index contributed by atoms with van der Waals surface area (Å²) < 4.78 is 10.6. The quantitative estimate of drug-likeness (QED) is 0.394. The van der Waals surface area contributed by atoms with Gasteiger partial charge in [0.1, 0.15) is 29.5 Å². The average molecular weight is 521 g/mol. The number of hydrogen-bond donors (Lipinski definition) is 1. The van der Waals surface area contributed by atoms with Gasteiger partial charge in [-0.3, -0.25) is 19.8 Å². The van der Waals surface area contributed by atoms with E-state index in [2.05, 4.69) is 21.4 Å². The number of anilines is 2. The Hall–Kier alpha value is -3.88. The highest BCUT2D eigenvalue weighted by Crippen LogP contribution is 2.29. The molecule has 1 fully saturated rings. The van der Waals surface area contributed by atoms with Gasteiger partial charge >= 0.3 is 6.03 Å². The van der Waals surface area contributed by atoms with E-state index < -0.39 is 12.1 Å². The van der Waals surface area contributed by atoms with Crippen molar-refractivity contribution in [2.75, 3.05) is 44.1 Å².